The van der Waals surface area contributed by atoms with Crippen LogP contribution in [0.15, 0.2) is 12.2 Å². The molecule has 1 aliphatic rings. The van der Waals surface area contributed by atoms with Crippen molar-refractivity contribution in [1.82, 2.24) is 0 Å². The van der Waals surface area contributed by atoms with Gasteiger partial charge in [-0.05, 0) is 26.2 Å². The molecule has 0 spiro atoms. The molecule has 0 saturated heterocycles. The maximum Gasteiger partial charge on any atom is 0.324 e. The molecule has 21 heavy (non-hydrogen) atoms. The van der Waals surface area contributed by atoms with Crippen molar-refractivity contribution >= 4 is 11.8 Å². The minimum atomic E-state index is -1.20. The van der Waals surface area contributed by atoms with Crippen molar-refractivity contribution in [2.45, 2.75) is 65.2 Å². The van der Waals surface area contributed by atoms with Gasteiger partial charge in [0, 0.05) is 18.4 Å². The normalized spacial score (nSPS) is 20.8. The Morgan fingerprint density at radius 1 is 1.33 bits per heavy atom. The van der Waals surface area contributed by atoms with Gasteiger partial charge in [-0.2, -0.15) is 0 Å². The molecule has 1 aliphatic carbocycles. The number of hydrogen-bond donors (Lipinski definition) is 0. The Hall–Kier alpha value is -1.56. The minimum Gasteiger partial charge on any atom is -0.465 e. The summed E-state index contributed by atoms with van der Waals surface area (Å²) in [5, 5.41) is 0. The molecule has 0 aromatic rings. The molecule has 1 saturated carbocycles. The van der Waals surface area contributed by atoms with Crippen LogP contribution in [0.3, 0.4) is 0 Å². The van der Waals surface area contributed by atoms with Crippen molar-refractivity contribution in [2.24, 2.45) is 5.41 Å². The van der Waals surface area contributed by atoms with Crippen LogP contribution < -0.4 is 0 Å². The number of ketones is 1. The first kappa shape index (κ1) is 17.5. The van der Waals surface area contributed by atoms with E-state index in [-0.39, 0.29) is 12.4 Å². The lowest BCUT2D eigenvalue weighted by atomic mass is 9.78. The highest BCUT2D eigenvalue weighted by atomic mass is 16.5. The molecule has 1 unspecified atom stereocenters. The fourth-order valence-corrected chi connectivity index (χ4v) is 2.70. The molecule has 0 amide bonds. The van der Waals surface area contributed by atoms with Crippen molar-refractivity contribution < 1.29 is 14.3 Å². The standard InChI is InChI=1S/C18H26O3/c1-4-6-7-8-9-10-12-15(3)18(17(20)21-5-2)14-11-13-16(18)19/h3-9,11,13-14H2,1-2H3. The van der Waals surface area contributed by atoms with Crippen LogP contribution in [-0.2, 0) is 14.3 Å². The van der Waals surface area contributed by atoms with E-state index in [1.54, 1.807) is 6.92 Å². The van der Waals surface area contributed by atoms with E-state index in [0.717, 1.165) is 12.8 Å². The van der Waals surface area contributed by atoms with E-state index in [1.165, 1.54) is 19.3 Å². The smallest absolute Gasteiger partial charge is 0.324 e. The molecule has 0 aliphatic heterocycles. The second-order valence-electron chi connectivity index (χ2n) is 5.49. The SMILES string of the molecule is C=C(C#CCCCCCC)C1(C(=O)OCC)CCCC1=O. The molecule has 0 bridgehead atoms. The summed E-state index contributed by atoms with van der Waals surface area (Å²) in [6, 6.07) is 0. The van der Waals surface area contributed by atoms with Crippen LogP contribution in [0.2, 0.25) is 0 Å². The average molecular weight is 290 g/mol. The predicted octanol–water partition coefficient (Wildman–Crippen LogP) is 3.82. The van der Waals surface area contributed by atoms with Crippen LogP contribution >= 0.6 is 0 Å². The summed E-state index contributed by atoms with van der Waals surface area (Å²) in [5.74, 6) is 5.43. The van der Waals surface area contributed by atoms with Gasteiger partial charge in [-0.3, -0.25) is 9.59 Å². The van der Waals surface area contributed by atoms with Gasteiger partial charge in [0.05, 0.1) is 6.61 Å². The number of ether oxygens (including phenoxy) is 1. The van der Waals surface area contributed by atoms with E-state index >= 15 is 0 Å². The summed E-state index contributed by atoms with van der Waals surface area (Å²) in [6.07, 6.45) is 7.01. The van der Waals surface area contributed by atoms with Gasteiger partial charge in [0.1, 0.15) is 0 Å². The molecule has 3 heteroatoms. The zero-order chi connectivity index (χ0) is 15.7. The molecule has 0 aromatic carbocycles. The Morgan fingerprint density at radius 3 is 2.67 bits per heavy atom. The maximum atomic E-state index is 12.2. The first-order chi connectivity index (χ1) is 10.1. The van der Waals surface area contributed by atoms with Crippen LogP contribution in [0.1, 0.15) is 65.2 Å². The van der Waals surface area contributed by atoms with E-state index in [0.29, 0.717) is 24.8 Å². The van der Waals surface area contributed by atoms with Crippen molar-refractivity contribution in [3.8, 4) is 11.8 Å². The van der Waals surface area contributed by atoms with Crippen LogP contribution in [-0.4, -0.2) is 18.4 Å². The van der Waals surface area contributed by atoms with E-state index < -0.39 is 11.4 Å². The molecule has 0 aromatic heterocycles. The lowest BCUT2D eigenvalue weighted by molar-refractivity contribution is -0.155. The van der Waals surface area contributed by atoms with Crippen LogP contribution in [0.4, 0.5) is 0 Å². The molecular formula is C18H26O3. The Kier molecular flexibility index (Phi) is 7.22. The zero-order valence-corrected chi connectivity index (χ0v) is 13.3. The Morgan fingerprint density at radius 2 is 2.10 bits per heavy atom. The monoisotopic (exact) mass is 290 g/mol. The number of hydrogen-bond acceptors (Lipinski definition) is 3. The average Bonchev–Trinajstić information content (AvgIpc) is 2.85. The number of carbonyl (C=O) groups excluding carboxylic acids is 2. The third-order valence-electron chi connectivity index (χ3n) is 3.97. The van der Waals surface area contributed by atoms with Gasteiger partial charge in [0.25, 0.3) is 0 Å². The summed E-state index contributed by atoms with van der Waals surface area (Å²) >= 11 is 0. The molecule has 3 nitrogen and oxygen atoms in total. The molecule has 0 radical (unpaired) electrons. The van der Waals surface area contributed by atoms with Crippen molar-refractivity contribution in [3.63, 3.8) is 0 Å². The number of carbonyl (C=O) groups is 2. The van der Waals surface area contributed by atoms with Gasteiger partial charge in [0.15, 0.2) is 11.2 Å². The minimum absolute atomic E-state index is 0.0915. The topological polar surface area (TPSA) is 43.4 Å². The Labute approximate surface area is 128 Å². The first-order valence-electron chi connectivity index (χ1n) is 7.98. The fourth-order valence-electron chi connectivity index (χ4n) is 2.70. The quantitative estimate of drug-likeness (QED) is 0.310. The molecule has 1 rings (SSSR count). The van der Waals surface area contributed by atoms with Crippen LogP contribution in [0.25, 0.3) is 0 Å². The van der Waals surface area contributed by atoms with E-state index in [1.807, 2.05) is 0 Å². The van der Waals surface area contributed by atoms with E-state index in [2.05, 4.69) is 25.3 Å². The highest BCUT2D eigenvalue weighted by Crippen LogP contribution is 2.41. The second kappa shape index (κ2) is 8.67. The van der Waals surface area contributed by atoms with Gasteiger partial charge < -0.3 is 4.74 Å². The van der Waals surface area contributed by atoms with Gasteiger partial charge in [-0.25, -0.2) is 0 Å². The Bertz CT molecular complexity index is 453. The molecular weight excluding hydrogens is 264 g/mol. The van der Waals surface area contributed by atoms with Gasteiger partial charge >= 0.3 is 5.97 Å². The third-order valence-corrected chi connectivity index (χ3v) is 3.97. The van der Waals surface area contributed by atoms with Gasteiger partial charge in [0.2, 0.25) is 0 Å². The molecule has 0 N–H and O–H groups in total. The lowest BCUT2D eigenvalue weighted by Gasteiger charge is -2.24. The van der Waals surface area contributed by atoms with E-state index in [9.17, 15) is 9.59 Å². The van der Waals surface area contributed by atoms with Crippen LogP contribution in [0, 0.1) is 17.3 Å². The predicted molar refractivity (Wildman–Crippen MR) is 83.6 cm³/mol. The number of Topliss-reactive ketones (excluding diaryl/α,β-unsaturated/α-hetero) is 1. The molecule has 1 fully saturated rings. The summed E-state index contributed by atoms with van der Waals surface area (Å²) in [7, 11) is 0. The molecule has 1 atom stereocenters. The summed E-state index contributed by atoms with van der Waals surface area (Å²) in [4.78, 5) is 24.4. The van der Waals surface area contributed by atoms with Crippen LogP contribution in [0.5, 0.6) is 0 Å². The van der Waals surface area contributed by atoms with Gasteiger partial charge in [-0.15, -0.1) is 0 Å². The van der Waals surface area contributed by atoms with Crippen molar-refractivity contribution in [2.75, 3.05) is 6.61 Å². The largest absolute Gasteiger partial charge is 0.465 e. The third kappa shape index (κ3) is 4.20. The maximum absolute atomic E-state index is 12.2. The summed E-state index contributed by atoms with van der Waals surface area (Å²) in [6.45, 7) is 8.08. The lowest BCUT2D eigenvalue weighted by Crippen LogP contribution is -2.38. The fraction of sp³-hybridized carbons (Fsp3) is 0.667. The summed E-state index contributed by atoms with van der Waals surface area (Å²) < 4.78 is 5.09. The van der Waals surface area contributed by atoms with Crippen molar-refractivity contribution in [1.29, 1.82) is 0 Å². The molecule has 0 heterocycles. The second-order valence-corrected chi connectivity index (χ2v) is 5.49. The van der Waals surface area contributed by atoms with Gasteiger partial charge in [-0.1, -0.05) is 44.6 Å². The summed E-state index contributed by atoms with van der Waals surface area (Å²) in [5.41, 5.74) is -0.786. The zero-order valence-electron chi connectivity index (χ0n) is 13.3. The number of esters is 1. The first-order valence-corrected chi connectivity index (χ1v) is 7.98. The van der Waals surface area contributed by atoms with E-state index in [4.69, 9.17) is 4.74 Å². The molecule has 116 valence electrons. The van der Waals surface area contributed by atoms with Crippen molar-refractivity contribution in [3.05, 3.63) is 12.2 Å². The Balaban J connectivity index is 2.72. The number of rotatable bonds is 7. The highest BCUT2D eigenvalue weighted by molar-refractivity contribution is 6.09. The number of unbranched alkanes of at least 4 members (excludes halogenated alkanes) is 4. The highest BCUT2D eigenvalue weighted by Gasteiger charge is 2.51.